The number of nitrogens with one attached hydrogen (secondary N) is 1. The van der Waals surface area contributed by atoms with Gasteiger partial charge in [-0.2, -0.15) is 5.10 Å². The highest BCUT2D eigenvalue weighted by Gasteiger charge is 2.20. The maximum Gasteiger partial charge on any atom is 0.244 e. The molecule has 1 fully saturated rings. The van der Waals surface area contributed by atoms with Crippen molar-refractivity contribution in [3.05, 3.63) is 15.9 Å². The smallest absolute Gasteiger partial charge is 0.244 e. The summed E-state index contributed by atoms with van der Waals surface area (Å²) >= 11 is 3.49. The number of rotatable bonds is 6. The van der Waals surface area contributed by atoms with Crippen molar-refractivity contribution in [2.24, 2.45) is 0 Å². The minimum atomic E-state index is -0.298. The molecule has 6 nitrogen and oxygen atoms in total. The van der Waals surface area contributed by atoms with E-state index in [0.717, 1.165) is 55.1 Å². The number of amides is 1. The van der Waals surface area contributed by atoms with Gasteiger partial charge >= 0.3 is 0 Å². The van der Waals surface area contributed by atoms with E-state index in [0.29, 0.717) is 6.54 Å². The molecule has 1 unspecified atom stereocenters. The number of carbonyl (C=O) groups excluding carboxylic acids is 1. The fraction of sp³-hybridized carbons (Fsp3) is 0.733. The first kappa shape index (κ1) is 17.4. The van der Waals surface area contributed by atoms with Crippen LogP contribution in [0.1, 0.15) is 30.8 Å². The second-order valence-corrected chi connectivity index (χ2v) is 6.50. The summed E-state index contributed by atoms with van der Waals surface area (Å²) < 4.78 is 8.07. The molecule has 1 amide bonds. The Morgan fingerprint density at radius 1 is 1.41 bits per heavy atom. The second-order valence-electron chi connectivity index (χ2n) is 5.70. The van der Waals surface area contributed by atoms with Gasteiger partial charge in [-0.3, -0.25) is 14.4 Å². The zero-order chi connectivity index (χ0) is 16.1. The monoisotopic (exact) mass is 372 g/mol. The van der Waals surface area contributed by atoms with Gasteiger partial charge in [0.05, 0.1) is 29.1 Å². The van der Waals surface area contributed by atoms with E-state index < -0.39 is 0 Å². The maximum atomic E-state index is 12.2. The first-order chi connectivity index (χ1) is 10.5. The molecule has 1 N–H and O–H groups in total. The van der Waals surface area contributed by atoms with Gasteiger partial charge in [0.2, 0.25) is 5.91 Å². The molecule has 1 atom stereocenters. The lowest BCUT2D eigenvalue weighted by Crippen LogP contribution is -2.39. The van der Waals surface area contributed by atoms with Gasteiger partial charge in [-0.25, -0.2) is 0 Å². The highest BCUT2D eigenvalue weighted by Crippen LogP contribution is 2.22. The van der Waals surface area contributed by atoms with Gasteiger partial charge in [0.15, 0.2) is 0 Å². The molecular weight excluding hydrogens is 348 g/mol. The molecule has 0 saturated carbocycles. The van der Waals surface area contributed by atoms with E-state index in [2.05, 4.69) is 31.2 Å². The number of morpholine rings is 1. The molecule has 0 spiro atoms. The van der Waals surface area contributed by atoms with Gasteiger partial charge in [-0.1, -0.05) is 0 Å². The molecule has 1 aromatic rings. The number of hydrogen-bond acceptors (Lipinski definition) is 4. The Labute approximate surface area is 140 Å². The molecule has 0 aliphatic carbocycles. The fourth-order valence-corrected chi connectivity index (χ4v) is 2.88. The molecule has 7 heteroatoms. The maximum absolute atomic E-state index is 12.2. The van der Waals surface area contributed by atoms with Crippen molar-refractivity contribution in [3.8, 4) is 0 Å². The number of nitrogens with zero attached hydrogens (tertiary/aromatic N) is 3. The molecule has 1 aromatic heterocycles. The summed E-state index contributed by atoms with van der Waals surface area (Å²) in [4.78, 5) is 14.6. The van der Waals surface area contributed by atoms with Crippen molar-refractivity contribution in [3.63, 3.8) is 0 Å². The van der Waals surface area contributed by atoms with Gasteiger partial charge in [0, 0.05) is 19.6 Å². The van der Waals surface area contributed by atoms with E-state index in [1.165, 1.54) is 0 Å². The Hall–Kier alpha value is -0.920. The summed E-state index contributed by atoms with van der Waals surface area (Å²) in [7, 11) is 0. The average Bonchev–Trinajstić information content (AvgIpc) is 2.79. The minimum absolute atomic E-state index is 0.0140. The molecule has 1 aliphatic rings. The molecule has 0 aromatic carbocycles. The highest BCUT2D eigenvalue weighted by molar-refractivity contribution is 9.10. The van der Waals surface area contributed by atoms with Crippen LogP contribution in [0.3, 0.4) is 0 Å². The predicted molar refractivity (Wildman–Crippen MR) is 89.0 cm³/mol. The van der Waals surface area contributed by atoms with Gasteiger partial charge in [0.1, 0.15) is 6.04 Å². The van der Waals surface area contributed by atoms with Crippen LogP contribution in [0, 0.1) is 13.8 Å². The van der Waals surface area contributed by atoms with Crippen molar-refractivity contribution in [1.82, 2.24) is 20.0 Å². The average molecular weight is 373 g/mol. The van der Waals surface area contributed by atoms with Crippen molar-refractivity contribution < 1.29 is 9.53 Å². The Balaban J connectivity index is 1.75. The second kappa shape index (κ2) is 8.08. The molecule has 1 aliphatic heterocycles. The summed E-state index contributed by atoms with van der Waals surface area (Å²) in [5.41, 5.74) is 1.89. The Morgan fingerprint density at radius 2 is 2.09 bits per heavy atom. The van der Waals surface area contributed by atoms with Crippen molar-refractivity contribution in [2.75, 3.05) is 39.4 Å². The van der Waals surface area contributed by atoms with Crippen LogP contribution in [0.15, 0.2) is 4.47 Å². The van der Waals surface area contributed by atoms with Crippen LogP contribution in [-0.2, 0) is 9.53 Å². The normalized spacial score (nSPS) is 17.5. The Bertz CT molecular complexity index is 512. The van der Waals surface area contributed by atoms with Crippen molar-refractivity contribution >= 4 is 21.8 Å². The third-order valence-corrected chi connectivity index (χ3v) is 5.18. The van der Waals surface area contributed by atoms with Crippen molar-refractivity contribution in [2.45, 2.75) is 33.2 Å². The van der Waals surface area contributed by atoms with Crippen LogP contribution in [0.4, 0.5) is 0 Å². The third-order valence-electron chi connectivity index (χ3n) is 4.04. The van der Waals surface area contributed by atoms with Gasteiger partial charge < -0.3 is 10.1 Å². The molecule has 1 saturated heterocycles. The Kier molecular flexibility index (Phi) is 6.40. The molecule has 22 heavy (non-hydrogen) atoms. The summed E-state index contributed by atoms with van der Waals surface area (Å²) in [6, 6.07) is -0.298. The summed E-state index contributed by atoms with van der Waals surface area (Å²) in [5, 5.41) is 7.42. The largest absolute Gasteiger partial charge is 0.379 e. The number of ether oxygens (including phenoxy) is 1. The SMILES string of the molecule is Cc1nn(C(C)C(=O)NCCCN2CCOCC2)c(C)c1Br. The predicted octanol–water partition coefficient (Wildman–Crippen LogP) is 1.66. The van der Waals surface area contributed by atoms with E-state index in [4.69, 9.17) is 4.74 Å². The van der Waals surface area contributed by atoms with Crippen LogP contribution >= 0.6 is 15.9 Å². The quantitative estimate of drug-likeness (QED) is 0.771. The van der Waals surface area contributed by atoms with E-state index in [1.54, 1.807) is 4.68 Å². The van der Waals surface area contributed by atoms with Crippen LogP contribution in [0.2, 0.25) is 0 Å². The third kappa shape index (κ3) is 4.30. The number of aromatic nitrogens is 2. The summed E-state index contributed by atoms with van der Waals surface area (Å²) in [6.45, 7) is 11.1. The lowest BCUT2D eigenvalue weighted by molar-refractivity contribution is -0.124. The Morgan fingerprint density at radius 3 is 2.68 bits per heavy atom. The van der Waals surface area contributed by atoms with Crippen LogP contribution in [0.25, 0.3) is 0 Å². The molecule has 0 bridgehead atoms. The van der Waals surface area contributed by atoms with Gasteiger partial charge in [-0.05, 0) is 49.7 Å². The van der Waals surface area contributed by atoms with Crippen molar-refractivity contribution in [1.29, 1.82) is 0 Å². The topological polar surface area (TPSA) is 59.4 Å². The number of aryl methyl sites for hydroxylation is 1. The summed E-state index contributed by atoms with van der Waals surface area (Å²) in [6.07, 6.45) is 0.958. The van der Waals surface area contributed by atoms with Gasteiger partial charge in [0.25, 0.3) is 0 Å². The first-order valence-corrected chi connectivity index (χ1v) is 8.59. The van der Waals surface area contributed by atoms with Gasteiger partial charge in [-0.15, -0.1) is 0 Å². The standard InChI is InChI=1S/C15H25BrN4O2/c1-11-14(16)12(2)20(18-11)13(3)15(21)17-5-4-6-19-7-9-22-10-8-19/h13H,4-10H2,1-3H3,(H,17,21). The zero-order valence-corrected chi connectivity index (χ0v) is 15.1. The van der Waals surface area contributed by atoms with Crippen LogP contribution < -0.4 is 5.32 Å². The summed E-state index contributed by atoms with van der Waals surface area (Å²) in [5.74, 6) is 0.0140. The van der Waals surface area contributed by atoms with E-state index in [9.17, 15) is 4.79 Å². The minimum Gasteiger partial charge on any atom is -0.379 e. The molecular formula is C15H25BrN4O2. The lowest BCUT2D eigenvalue weighted by atomic mass is 10.3. The highest BCUT2D eigenvalue weighted by atomic mass is 79.9. The van der Waals surface area contributed by atoms with Crippen LogP contribution in [-0.4, -0.2) is 60.0 Å². The molecule has 2 heterocycles. The zero-order valence-electron chi connectivity index (χ0n) is 13.6. The first-order valence-electron chi connectivity index (χ1n) is 7.79. The van der Waals surface area contributed by atoms with E-state index in [-0.39, 0.29) is 11.9 Å². The number of halogens is 1. The number of hydrogen-bond donors (Lipinski definition) is 1. The van der Waals surface area contributed by atoms with Crippen LogP contribution in [0.5, 0.6) is 0 Å². The molecule has 124 valence electrons. The molecule has 2 rings (SSSR count). The molecule has 0 radical (unpaired) electrons. The number of carbonyl (C=O) groups is 1. The van der Waals surface area contributed by atoms with E-state index in [1.807, 2.05) is 20.8 Å². The lowest BCUT2D eigenvalue weighted by Gasteiger charge is -2.26. The van der Waals surface area contributed by atoms with E-state index >= 15 is 0 Å². The fourth-order valence-electron chi connectivity index (χ4n) is 2.62.